The second kappa shape index (κ2) is 4.58. The summed E-state index contributed by atoms with van der Waals surface area (Å²) in [5, 5.41) is 7.61. The summed E-state index contributed by atoms with van der Waals surface area (Å²) in [5.41, 5.74) is 5.11. The van der Waals surface area contributed by atoms with Gasteiger partial charge in [-0.3, -0.25) is 0 Å². The second-order valence-electron chi connectivity index (χ2n) is 4.97. The Morgan fingerprint density at radius 1 is 1.33 bits per heavy atom. The van der Waals surface area contributed by atoms with Gasteiger partial charge in [-0.1, -0.05) is 29.4 Å². The summed E-state index contributed by atoms with van der Waals surface area (Å²) in [4.78, 5) is 0. The highest BCUT2D eigenvalue weighted by Crippen LogP contribution is 2.31. The van der Waals surface area contributed by atoms with Crippen LogP contribution in [0.2, 0.25) is 0 Å². The summed E-state index contributed by atoms with van der Waals surface area (Å²) < 4.78 is 5.19. The number of rotatable bonds is 3. The van der Waals surface area contributed by atoms with Crippen LogP contribution in [0.1, 0.15) is 40.6 Å². The predicted molar refractivity (Wildman–Crippen MR) is 70.3 cm³/mol. The van der Waals surface area contributed by atoms with Crippen LogP contribution in [-0.2, 0) is 13.0 Å². The number of fused-ring (bicyclic) bond motifs is 1. The van der Waals surface area contributed by atoms with E-state index in [0.29, 0.717) is 6.04 Å². The first-order chi connectivity index (χ1) is 8.75. The quantitative estimate of drug-likeness (QED) is 0.899. The number of hydrogen-bond donors (Lipinski definition) is 1. The van der Waals surface area contributed by atoms with E-state index in [1.807, 2.05) is 13.8 Å². The minimum absolute atomic E-state index is 0.467. The fraction of sp³-hybridized carbons (Fsp3) is 0.400. The largest absolute Gasteiger partial charge is 0.361 e. The third kappa shape index (κ3) is 1.95. The van der Waals surface area contributed by atoms with Crippen LogP contribution in [0.5, 0.6) is 0 Å². The molecule has 1 aliphatic carbocycles. The first kappa shape index (κ1) is 11.5. The molecule has 94 valence electrons. The molecule has 0 bridgehead atoms. The fourth-order valence-electron chi connectivity index (χ4n) is 2.75. The highest BCUT2D eigenvalue weighted by molar-refractivity contribution is 5.34. The van der Waals surface area contributed by atoms with Crippen LogP contribution in [0.15, 0.2) is 28.8 Å². The summed E-state index contributed by atoms with van der Waals surface area (Å²) >= 11 is 0. The maximum atomic E-state index is 5.19. The molecule has 0 saturated heterocycles. The minimum Gasteiger partial charge on any atom is -0.361 e. The lowest BCUT2D eigenvalue weighted by Crippen LogP contribution is -2.19. The number of aryl methyl sites for hydroxylation is 3. The van der Waals surface area contributed by atoms with Crippen molar-refractivity contribution in [2.45, 2.75) is 39.3 Å². The first-order valence-corrected chi connectivity index (χ1v) is 6.48. The molecule has 18 heavy (non-hydrogen) atoms. The molecule has 1 heterocycles. The first-order valence-electron chi connectivity index (χ1n) is 6.48. The molecule has 0 spiro atoms. The van der Waals surface area contributed by atoms with Crippen LogP contribution >= 0.6 is 0 Å². The third-order valence-corrected chi connectivity index (χ3v) is 3.84. The lowest BCUT2D eigenvalue weighted by atomic mass is 10.1. The third-order valence-electron chi connectivity index (χ3n) is 3.84. The summed E-state index contributed by atoms with van der Waals surface area (Å²) in [6, 6.07) is 9.17. The number of benzene rings is 1. The lowest BCUT2D eigenvalue weighted by Gasteiger charge is -2.13. The van der Waals surface area contributed by atoms with Crippen LogP contribution in [0.3, 0.4) is 0 Å². The van der Waals surface area contributed by atoms with Crippen molar-refractivity contribution in [1.29, 1.82) is 0 Å². The van der Waals surface area contributed by atoms with Gasteiger partial charge in [-0.05, 0) is 37.8 Å². The van der Waals surface area contributed by atoms with Gasteiger partial charge < -0.3 is 9.84 Å². The Labute approximate surface area is 107 Å². The highest BCUT2D eigenvalue weighted by Gasteiger charge is 2.22. The average Bonchev–Trinajstić information content (AvgIpc) is 2.93. The van der Waals surface area contributed by atoms with Crippen LogP contribution in [0.25, 0.3) is 0 Å². The van der Waals surface area contributed by atoms with Crippen molar-refractivity contribution >= 4 is 0 Å². The van der Waals surface area contributed by atoms with Crippen molar-refractivity contribution < 1.29 is 4.52 Å². The van der Waals surface area contributed by atoms with E-state index in [4.69, 9.17) is 4.52 Å². The van der Waals surface area contributed by atoms with Gasteiger partial charge in [0.25, 0.3) is 0 Å². The second-order valence-corrected chi connectivity index (χ2v) is 4.97. The molecular formula is C15H18N2O. The van der Waals surface area contributed by atoms with E-state index in [2.05, 4.69) is 34.7 Å². The Morgan fingerprint density at radius 2 is 2.17 bits per heavy atom. The summed E-state index contributed by atoms with van der Waals surface area (Å²) in [6.45, 7) is 4.80. The zero-order chi connectivity index (χ0) is 12.5. The maximum absolute atomic E-state index is 5.19. The molecule has 1 atom stereocenters. The fourth-order valence-corrected chi connectivity index (χ4v) is 2.75. The van der Waals surface area contributed by atoms with Crippen LogP contribution in [0.4, 0.5) is 0 Å². The Kier molecular flexibility index (Phi) is 2.92. The van der Waals surface area contributed by atoms with Crippen LogP contribution in [-0.4, -0.2) is 5.16 Å². The predicted octanol–water partition coefficient (Wildman–Crippen LogP) is 3.07. The van der Waals surface area contributed by atoms with Gasteiger partial charge >= 0.3 is 0 Å². The summed E-state index contributed by atoms with van der Waals surface area (Å²) in [5.74, 6) is 0.922. The molecule has 0 fully saturated rings. The molecule has 2 aromatic rings. The topological polar surface area (TPSA) is 38.1 Å². The van der Waals surface area contributed by atoms with E-state index in [-0.39, 0.29) is 0 Å². The summed E-state index contributed by atoms with van der Waals surface area (Å²) in [6.07, 6.45) is 2.36. The zero-order valence-electron chi connectivity index (χ0n) is 10.9. The van der Waals surface area contributed by atoms with Crippen molar-refractivity contribution in [3.05, 3.63) is 52.4 Å². The smallest absolute Gasteiger partial charge is 0.138 e. The van der Waals surface area contributed by atoms with Gasteiger partial charge in [-0.25, -0.2) is 0 Å². The van der Waals surface area contributed by atoms with Gasteiger partial charge in [0.2, 0.25) is 0 Å². The molecule has 0 saturated carbocycles. The molecule has 0 radical (unpaired) electrons. The molecule has 1 N–H and O–H groups in total. The molecule has 3 heteroatoms. The van der Waals surface area contributed by atoms with Gasteiger partial charge in [0.15, 0.2) is 0 Å². The number of hydrogen-bond acceptors (Lipinski definition) is 3. The van der Waals surface area contributed by atoms with E-state index in [1.54, 1.807) is 0 Å². The molecule has 1 aromatic heterocycles. The average molecular weight is 242 g/mol. The summed E-state index contributed by atoms with van der Waals surface area (Å²) in [7, 11) is 0. The van der Waals surface area contributed by atoms with E-state index in [9.17, 15) is 0 Å². The Balaban J connectivity index is 1.72. The van der Waals surface area contributed by atoms with E-state index in [0.717, 1.165) is 18.0 Å². The van der Waals surface area contributed by atoms with Crippen molar-refractivity contribution in [2.24, 2.45) is 0 Å². The Bertz CT molecular complexity index is 540. The number of nitrogens with one attached hydrogen (secondary N) is 1. The van der Waals surface area contributed by atoms with Gasteiger partial charge in [0.05, 0.1) is 5.69 Å². The minimum atomic E-state index is 0.467. The van der Waals surface area contributed by atoms with Crippen molar-refractivity contribution in [1.82, 2.24) is 10.5 Å². The standard InChI is InChI=1S/C15H18N2O/c1-10-14(11(2)18-17-10)9-16-15-8-7-12-5-3-4-6-13(12)15/h3-6,15-16H,7-9H2,1-2H3. The Hall–Kier alpha value is -1.61. The molecule has 0 amide bonds. The Morgan fingerprint density at radius 3 is 2.94 bits per heavy atom. The SMILES string of the molecule is Cc1noc(C)c1CNC1CCc2ccccc21. The van der Waals surface area contributed by atoms with Gasteiger partial charge in [0.1, 0.15) is 5.76 Å². The molecule has 3 nitrogen and oxygen atoms in total. The maximum Gasteiger partial charge on any atom is 0.138 e. The molecule has 1 aliphatic rings. The molecule has 3 rings (SSSR count). The van der Waals surface area contributed by atoms with Crippen molar-refractivity contribution in [3.63, 3.8) is 0 Å². The van der Waals surface area contributed by atoms with E-state index >= 15 is 0 Å². The van der Waals surface area contributed by atoms with E-state index < -0.39 is 0 Å². The van der Waals surface area contributed by atoms with Gasteiger partial charge in [0, 0.05) is 18.2 Å². The molecule has 1 aromatic carbocycles. The van der Waals surface area contributed by atoms with Crippen LogP contribution in [0, 0.1) is 13.8 Å². The zero-order valence-corrected chi connectivity index (χ0v) is 10.9. The van der Waals surface area contributed by atoms with Crippen molar-refractivity contribution in [3.8, 4) is 0 Å². The van der Waals surface area contributed by atoms with Crippen LogP contribution < -0.4 is 5.32 Å². The molecular weight excluding hydrogens is 224 g/mol. The molecule has 1 unspecified atom stereocenters. The van der Waals surface area contributed by atoms with E-state index in [1.165, 1.54) is 29.5 Å². The van der Waals surface area contributed by atoms with Gasteiger partial charge in [-0.15, -0.1) is 0 Å². The lowest BCUT2D eigenvalue weighted by molar-refractivity contribution is 0.391. The normalized spacial score (nSPS) is 18.0. The van der Waals surface area contributed by atoms with Gasteiger partial charge in [-0.2, -0.15) is 0 Å². The number of nitrogens with zero attached hydrogens (tertiary/aromatic N) is 1. The van der Waals surface area contributed by atoms with Crippen molar-refractivity contribution in [2.75, 3.05) is 0 Å². The monoisotopic (exact) mass is 242 g/mol. The molecule has 0 aliphatic heterocycles. The highest BCUT2D eigenvalue weighted by atomic mass is 16.5. The number of aromatic nitrogens is 1.